The van der Waals surface area contributed by atoms with Crippen molar-refractivity contribution in [3.8, 4) is 5.75 Å². The number of nitrogens with zero attached hydrogens (tertiary/aromatic N) is 1. The second-order valence-electron chi connectivity index (χ2n) is 4.20. The molecule has 1 N–H and O–H groups in total. The van der Waals surface area contributed by atoms with Gasteiger partial charge < -0.3 is 10.1 Å². The summed E-state index contributed by atoms with van der Waals surface area (Å²) in [6, 6.07) is 11.1. The highest BCUT2D eigenvalue weighted by Gasteiger charge is 2.06. The number of rotatable bonds is 6. The van der Waals surface area contributed by atoms with E-state index in [9.17, 15) is 4.79 Å². The molecule has 110 valence electrons. The molecular weight excluding hydrogens is 308 g/mol. The number of hydrogen-bond acceptors (Lipinski definition) is 4. The van der Waals surface area contributed by atoms with Crippen molar-refractivity contribution in [2.75, 3.05) is 12.9 Å². The fourth-order valence-electron chi connectivity index (χ4n) is 1.61. The molecule has 0 saturated carbocycles. The van der Waals surface area contributed by atoms with Crippen molar-refractivity contribution in [3.05, 3.63) is 53.2 Å². The highest BCUT2D eigenvalue weighted by atomic mass is 35.5. The lowest BCUT2D eigenvalue weighted by Crippen LogP contribution is -2.24. The average Bonchev–Trinajstić information content (AvgIpc) is 2.52. The van der Waals surface area contributed by atoms with Crippen molar-refractivity contribution in [1.82, 2.24) is 10.3 Å². The third kappa shape index (κ3) is 4.95. The van der Waals surface area contributed by atoms with Crippen LogP contribution in [-0.4, -0.2) is 23.8 Å². The molecule has 21 heavy (non-hydrogen) atoms. The fraction of sp³-hybridized carbons (Fsp3) is 0.200. The van der Waals surface area contributed by atoms with Gasteiger partial charge in [0.25, 0.3) is 0 Å². The topological polar surface area (TPSA) is 51.2 Å². The van der Waals surface area contributed by atoms with E-state index in [4.69, 9.17) is 16.3 Å². The van der Waals surface area contributed by atoms with E-state index < -0.39 is 0 Å². The maximum Gasteiger partial charge on any atom is 0.230 e. The maximum absolute atomic E-state index is 11.8. The molecule has 1 aromatic heterocycles. The number of thioether (sulfide) groups is 1. The van der Waals surface area contributed by atoms with Crippen molar-refractivity contribution < 1.29 is 9.53 Å². The highest BCUT2D eigenvalue weighted by Crippen LogP contribution is 2.23. The predicted octanol–water partition coefficient (Wildman–Crippen LogP) is 3.15. The number of nitrogens with one attached hydrogen (secondary N) is 1. The van der Waals surface area contributed by atoms with Crippen LogP contribution in [0.15, 0.2) is 47.6 Å². The monoisotopic (exact) mass is 322 g/mol. The molecule has 0 bridgehead atoms. The number of ether oxygens (including phenoxy) is 1. The van der Waals surface area contributed by atoms with Crippen LogP contribution in [0.2, 0.25) is 5.02 Å². The van der Waals surface area contributed by atoms with Crippen LogP contribution < -0.4 is 10.1 Å². The number of hydrogen-bond donors (Lipinski definition) is 1. The second kappa shape index (κ2) is 7.90. The van der Waals surface area contributed by atoms with Crippen molar-refractivity contribution >= 4 is 29.3 Å². The minimum Gasteiger partial charge on any atom is -0.497 e. The number of carbonyl (C=O) groups is 1. The lowest BCUT2D eigenvalue weighted by molar-refractivity contribution is -0.118. The Morgan fingerprint density at radius 1 is 1.33 bits per heavy atom. The van der Waals surface area contributed by atoms with Gasteiger partial charge in [0.15, 0.2) is 0 Å². The van der Waals surface area contributed by atoms with Gasteiger partial charge in [-0.05, 0) is 29.8 Å². The standard InChI is InChI=1S/C15H15ClN2O2S/c1-20-12-6-4-11(5-7-12)9-18-14(19)10-21-15-13(16)3-2-8-17-15/h2-8H,9-10H2,1H3,(H,18,19). The first-order chi connectivity index (χ1) is 10.2. The number of halogens is 1. The van der Waals surface area contributed by atoms with Crippen molar-refractivity contribution in [2.24, 2.45) is 0 Å². The molecule has 2 aromatic rings. The van der Waals surface area contributed by atoms with Gasteiger partial charge in [0.05, 0.1) is 17.9 Å². The lowest BCUT2D eigenvalue weighted by Gasteiger charge is -2.06. The van der Waals surface area contributed by atoms with Crippen LogP contribution in [0.5, 0.6) is 5.75 Å². The summed E-state index contributed by atoms with van der Waals surface area (Å²) >= 11 is 7.30. The summed E-state index contributed by atoms with van der Waals surface area (Å²) in [5.74, 6) is 1.02. The molecular formula is C15H15ClN2O2S. The van der Waals surface area contributed by atoms with Crippen LogP contribution >= 0.6 is 23.4 Å². The van der Waals surface area contributed by atoms with Gasteiger partial charge in [0.1, 0.15) is 10.8 Å². The first-order valence-electron chi connectivity index (χ1n) is 6.32. The third-order valence-corrected chi connectivity index (χ3v) is 4.14. The van der Waals surface area contributed by atoms with Crippen LogP contribution in [0.3, 0.4) is 0 Å². The molecule has 0 atom stereocenters. The number of carbonyl (C=O) groups excluding carboxylic acids is 1. The summed E-state index contributed by atoms with van der Waals surface area (Å²) in [6.45, 7) is 0.485. The largest absolute Gasteiger partial charge is 0.497 e. The Balaban J connectivity index is 1.78. The van der Waals surface area contributed by atoms with Gasteiger partial charge in [-0.2, -0.15) is 0 Å². The van der Waals surface area contributed by atoms with E-state index in [1.54, 1.807) is 25.4 Å². The summed E-state index contributed by atoms with van der Waals surface area (Å²) < 4.78 is 5.08. The van der Waals surface area contributed by atoms with Crippen LogP contribution in [0.1, 0.15) is 5.56 Å². The van der Waals surface area contributed by atoms with Gasteiger partial charge in [-0.25, -0.2) is 4.98 Å². The molecule has 0 unspecified atom stereocenters. The first-order valence-corrected chi connectivity index (χ1v) is 7.68. The summed E-state index contributed by atoms with van der Waals surface area (Å²) in [5, 5.41) is 4.08. The Morgan fingerprint density at radius 2 is 2.10 bits per heavy atom. The highest BCUT2D eigenvalue weighted by molar-refractivity contribution is 8.00. The fourth-order valence-corrected chi connectivity index (χ4v) is 2.60. The zero-order chi connectivity index (χ0) is 15.1. The van der Waals surface area contributed by atoms with E-state index in [1.165, 1.54) is 11.8 Å². The summed E-state index contributed by atoms with van der Waals surface area (Å²) in [4.78, 5) is 15.9. The molecule has 1 aromatic carbocycles. The van der Waals surface area contributed by atoms with Gasteiger partial charge in [-0.1, -0.05) is 35.5 Å². The Kier molecular flexibility index (Phi) is 5.90. The molecule has 2 rings (SSSR count). The Bertz CT molecular complexity index is 605. The van der Waals surface area contributed by atoms with E-state index in [2.05, 4.69) is 10.3 Å². The van der Waals surface area contributed by atoms with Gasteiger partial charge in [-0.15, -0.1) is 0 Å². The van der Waals surface area contributed by atoms with Gasteiger partial charge in [-0.3, -0.25) is 4.79 Å². The molecule has 4 nitrogen and oxygen atoms in total. The Hall–Kier alpha value is -1.72. The Morgan fingerprint density at radius 3 is 2.76 bits per heavy atom. The van der Waals surface area contributed by atoms with Crippen LogP contribution in [-0.2, 0) is 11.3 Å². The van der Waals surface area contributed by atoms with E-state index in [0.29, 0.717) is 16.6 Å². The number of pyridine rings is 1. The van der Waals surface area contributed by atoms with Crippen molar-refractivity contribution in [2.45, 2.75) is 11.6 Å². The smallest absolute Gasteiger partial charge is 0.230 e. The molecule has 1 amide bonds. The molecule has 0 aliphatic heterocycles. The zero-order valence-electron chi connectivity index (χ0n) is 11.5. The molecule has 0 fully saturated rings. The minimum absolute atomic E-state index is 0.0578. The first kappa shape index (κ1) is 15.7. The van der Waals surface area contributed by atoms with Crippen LogP contribution in [0.25, 0.3) is 0 Å². The van der Waals surface area contributed by atoms with Crippen LogP contribution in [0, 0.1) is 0 Å². The molecule has 6 heteroatoms. The SMILES string of the molecule is COc1ccc(CNC(=O)CSc2ncccc2Cl)cc1. The number of methoxy groups -OCH3 is 1. The lowest BCUT2D eigenvalue weighted by atomic mass is 10.2. The summed E-state index contributed by atoms with van der Waals surface area (Å²) in [6.07, 6.45) is 1.66. The van der Waals surface area contributed by atoms with E-state index in [0.717, 1.165) is 11.3 Å². The second-order valence-corrected chi connectivity index (χ2v) is 5.58. The molecule has 0 aliphatic rings. The number of benzene rings is 1. The minimum atomic E-state index is -0.0578. The van der Waals surface area contributed by atoms with E-state index >= 15 is 0 Å². The molecule has 0 radical (unpaired) electrons. The number of amides is 1. The van der Waals surface area contributed by atoms with Gasteiger partial charge in [0, 0.05) is 12.7 Å². The van der Waals surface area contributed by atoms with E-state index in [-0.39, 0.29) is 11.7 Å². The average molecular weight is 323 g/mol. The summed E-state index contributed by atoms with van der Waals surface area (Å²) in [7, 11) is 1.62. The molecule has 0 saturated heterocycles. The van der Waals surface area contributed by atoms with Crippen molar-refractivity contribution in [3.63, 3.8) is 0 Å². The van der Waals surface area contributed by atoms with Gasteiger partial charge >= 0.3 is 0 Å². The van der Waals surface area contributed by atoms with Crippen molar-refractivity contribution in [1.29, 1.82) is 0 Å². The van der Waals surface area contributed by atoms with Crippen LogP contribution in [0.4, 0.5) is 0 Å². The predicted molar refractivity (Wildman–Crippen MR) is 84.8 cm³/mol. The molecule has 0 aliphatic carbocycles. The Labute approximate surface area is 132 Å². The van der Waals surface area contributed by atoms with E-state index in [1.807, 2.05) is 24.3 Å². The summed E-state index contributed by atoms with van der Waals surface area (Å²) in [5.41, 5.74) is 1.02. The third-order valence-electron chi connectivity index (χ3n) is 2.71. The number of aromatic nitrogens is 1. The normalized spacial score (nSPS) is 10.2. The van der Waals surface area contributed by atoms with Gasteiger partial charge in [0.2, 0.25) is 5.91 Å². The molecule has 1 heterocycles. The molecule has 0 spiro atoms. The quantitative estimate of drug-likeness (QED) is 0.830. The zero-order valence-corrected chi connectivity index (χ0v) is 13.1. The maximum atomic E-state index is 11.8.